The maximum absolute atomic E-state index is 15.7. The lowest BCUT2D eigenvalue weighted by atomic mass is 9.59. The Morgan fingerprint density at radius 2 is 1.57 bits per heavy atom. The molecule has 0 amide bonds. The molecule has 0 N–H and O–H groups in total. The molecule has 30 heavy (non-hydrogen) atoms. The van der Waals surface area contributed by atoms with Crippen molar-refractivity contribution < 1.29 is 8.78 Å². The second kappa shape index (κ2) is 9.20. The van der Waals surface area contributed by atoms with Gasteiger partial charge in [-0.2, -0.15) is 0 Å². The van der Waals surface area contributed by atoms with Gasteiger partial charge < -0.3 is 0 Å². The molecular weight excluding hydrogens is 374 g/mol. The standard InChI is InChI=1S/C28H36F2/c1-3-5-18-28(19-23-8-6-7-9-25(23)26(29)27(28)30)24-16-14-22(15-17-24)21-12-10-20(4-2)11-13-21/h3-4,6-9,19-22,24,27H,1-2,5,10-18H2. The van der Waals surface area contributed by atoms with E-state index in [4.69, 9.17) is 0 Å². The van der Waals surface area contributed by atoms with Gasteiger partial charge in [-0.3, -0.25) is 0 Å². The molecule has 4 rings (SSSR count). The molecule has 3 aliphatic rings. The van der Waals surface area contributed by atoms with Crippen LogP contribution in [0.1, 0.15) is 64.2 Å². The van der Waals surface area contributed by atoms with Crippen LogP contribution in [0.15, 0.2) is 49.6 Å². The van der Waals surface area contributed by atoms with Gasteiger partial charge in [0.25, 0.3) is 0 Å². The minimum atomic E-state index is -1.54. The highest BCUT2D eigenvalue weighted by Gasteiger charge is 2.48. The Kier molecular flexibility index (Phi) is 6.60. The Morgan fingerprint density at radius 3 is 2.20 bits per heavy atom. The van der Waals surface area contributed by atoms with Crippen LogP contribution in [-0.4, -0.2) is 6.17 Å². The van der Waals surface area contributed by atoms with Gasteiger partial charge in [0.2, 0.25) is 0 Å². The summed E-state index contributed by atoms with van der Waals surface area (Å²) in [6.45, 7) is 7.82. The summed E-state index contributed by atoms with van der Waals surface area (Å²) in [4.78, 5) is 0. The van der Waals surface area contributed by atoms with E-state index in [1.165, 1.54) is 25.7 Å². The number of alkyl halides is 1. The normalized spacial score (nSPS) is 36.5. The number of fused-ring (bicyclic) bond motifs is 1. The zero-order chi connectivity index (χ0) is 21.1. The number of benzene rings is 1. The van der Waals surface area contributed by atoms with Crippen LogP contribution >= 0.6 is 0 Å². The van der Waals surface area contributed by atoms with Crippen LogP contribution in [0.2, 0.25) is 0 Å². The number of allylic oxidation sites excluding steroid dienone is 2. The number of halogens is 2. The van der Waals surface area contributed by atoms with Gasteiger partial charge in [-0.1, -0.05) is 42.5 Å². The van der Waals surface area contributed by atoms with E-state index < -0.39 is 17.4 Å². The third-order valence-electron chi connectivity index (χ3n) is 8.47. The fraction of sp³-hybridized carbons (Fsp3) is 0.571. The fourth-order valence-electron chi connectivity index (χ4n) is 6.64. The lowest BCUT2D eigenvalue weighted by Gasteiger charge is -2.46. The van der Waals surface area contributed by atoms with Crippen molar-refractivity contribution in [3.8, 4) is 0 Å². The molecule has 3 aliphatic carbocycles. The van der Waals surface area contributed by atoms with Crippen molar-refractivity contribution in [3.05, 3.63) is 60.0 Å². The molecule has 1 aromatic rings. The average molecular weight is 411 g/mol. The Labute approximate surface area is 180 Å². The van der Waals surface area contributed by atoms with Crippen molar-refractivity contribution in [1.29, 1.82) is 0 Å². The van der Waals surface area contributed by atoms with Gasteiger partial charge in [0.15, 0.2) is 6.17 Å². The lowest BCUT2D eigenvalue weighted by Crippen LogP contribution is -2.48. The van der Waals surface area contributed by atoms with Gasteiger partial charge in [0, 0.05) is 10.6 Å². The van der Waals surface area contributed by atoms with E-state index in [1.807, 2.05) is 18.2 Å². The second-order valence-corrected chi connectivity index (χ2v) is 9.90. The summed E-state index contributed by atoms with van der Waals surface area (Å²) < 4.78 is 30.9. The highest BCUT2D eigenvalue weighted by molar-refractivity contribution is 5.55. The molecule has 2 heteroatoms. The molecule has 2 atom stereocenters. The summed E-state index contributed by atoms with van der Waals surface area (Å²) in [5, 5.41) is 1.30. The van der Waals surface area contributed by atoms with Crippen molar-refractivity contribution in [3.63, 3.8) is 0 Å². The van der Waals surface area contributed by atoms with E-state index in [0.717, 1.165) is 49.2 Å². The minimum absolute atomic E-state index is 0.201. The molecule has 2 fully saturated rings. The maximum atomic E-state index is 15.7. The quantitative estimate of drug-likeness (QED) is 0.461. The Bertz CT molecular complexity index is 868. The Balaban J connectivity index is 1.54. The first-order chi connectivity index (χ1) is 14.6. The molecule has 0 aromatic heterocycles. The molecule has 0 spiro atoms. The topological polar surface area (TPSA) is 0 Å². The van der Waals surface area contributed by atoms with E-state index >= 15 is 8.78 Å². The predicted molar refractivity (Wildman–Crippen MR) is 123 cm³/mol. The van der Waals surface area contributed by atoms with Crippen LogP contribution in [0.3, 0.4) is 0 Å². The van der Waals surface area contributed by atoms with Crippen LogP contribution in [0.4, 0.5) is 8.78 Å². The molecule has 0 bridgehead atoms. The highest BCUT2D eigenvalue weighted by Crippen LogP contribution is 2.52. The smallest absolute Gasteiger partial charge is 0.161 e. The molecule has 162 valence electrons. The van der Waals surface area contributed by atoms with Gasteiger partial charge >= 0.3 is 0 Å². The van der Waals surface area contributed by atoms with E-state index in [1.54, 1.807) is 12.1 Å². The number of rotatable bonds is 6. The average Bonchev–Trinajstić information content (AvgIpc) is 2.81. The van der Waals surface area contributed by atoms with Crippen LogP contribution in [0.25, 0.3) is 11.9 Å². The zero-order valence-electron chi connectivity index (χ0n) is 18.2. The number of hydrogen-bond donors (Lipinski definition) is 0. The van der Waals surface area contributed by atoms with Crippen molar-refractivity contribution in [2.24, 2.45) is 29.1 Å². The maximum Gasteiger partial charge on any atom is 0.161 e. The van der Waals surface area contributed by atoms with Crippen LogP contribution in [0, 0.1) is 29.1 Å². The molecule has 0 radical (unpaired) electrons. The summed E-state index contributed by atoms with van der Waals surface area (Å²) in [5.41, 5.74) is -0.738. The number of hydrogen-bond acceptors (Lipinski definition) is 0. The summed E-state index contributed by atoms with van der Waals surface area (Å²) in [6, 6.07) is 7.37. The van der Waals surface area contributed by atoms with Crippen molar-refractivity contribution >= 4 is 11.9 Å². The summed E-state index contributed by atoms with van der Waals surface area (Å²) in [7, 11) is 0. The van der Waals surface area contributed by atoms with Gasteiger partial charge in [-0.15, -0.1) is 13.2 Å². The molecule has 0 aliphatic heterocycles. The fourth-order valence-corrected chi connectivity index (χ4v) is 6.64. The van der Waals surface area contributed by atoms with Crippen LogP contribution in [0.5, 0.6) is 0 Å². The second-order valence-electron chi connectivity index (χ2n) is 9.90. The SMILES string of the molecule is C=CCCC1(C2CCC(C3CCC(C=C)CC3)CC2)C=c2ccccc2=C(F)C1F. The zero-order valence-corrected chi connectivity index (χ0v) is 18.2. The van der Waals surface area contributed by atoms with E-state index in [-0.39, 0.29) is 5.92 Å². The summed E-state index contributed by atoms with van der Waals surface area (Å²) in [6.07, 6.45) is 15.4. The largest absolute Gasteiger partial charge is 0.239 e. The first-order valence-corrected chi connectivity index (χ1v) is 11.9. The van der Waals surface area contributed by atoms with Gasteiger partial charge in [0.05, 0.1) is 0 Å². The molecule has 1 aromatic carbocycles. The van der Waals surface area contributed by atoms with Crippen molar-refractivity contribution in [1.82, 2.24) is 0 Å². The van der Waals surface area contributed by atoms with E-state index in [0.29, 0.717) is 17.6 Å². The first kappa shape index (κ1) is 21.5. The molecular formula is C28H36F2. The molecule has 2 saturated carbocycles. The highest BCUT2D eigenvalue weighted by atomic mass is 19.2. The molecule has 2 unspecified atom stereocenters. The van der Waals surface area contributed by atoms with Crippen LogP contribution in [-0.2, 0) is 0 Å². The van der Waals surface area contributed by atoms with E-state index in [9.17, 15) is 0 Å². The van der Waals surface area contributed by atoms with E-state index in [2.05, 4.69) is 25.3 Å². The lowest BCUT2D eigenvalue weighted by molar-refractivity contribution is 0.0608. The minimum Gasteiger partial charge on any atom is -0.239 e. The third kappa shape index (κ3) is 3.95. The predicted octanol–water partition coefficient (Wildman–Crippen LogP) is 6.65. The third-order valence-corrected chi connectivity index (χ3v) is 8.47. The van der Waals surface area contributed by atoms with Gasteiger partial charge in [0.1, 0.15) is 5.83 Å². The van der Waals surface area contributed by atoms with Gasteiger partial charge in [-0.25, -0.2) is 8.78 Å². The molecule has 0 nitrogen and oxygen atoms in total. The van der Waals surface area contributed by atoms with Crippen molar-refractivity contribution in [2.75, 3.05) is 0 Å². The molecule has 0 saturated heterocycles. The van der Waals surface area contributed by atoms with Crippen LogP contribution < -0.4 is 10.4 Å². The molecule has 0 heterocycles. The van der Waals surface area contributed by atoms with Gasteiger partial charge in [-0.05, 0) is 93.1 Å². The summed E-state index contributed by atoms with van der Waals surface area (Å²) >= 11 is 0. The monoisotopic (exact) mass is 410 g/mol. The first-order valence-electron chi connectivity index (χ1n) is 11.9. The summed E-state index contributed by atoms with van der Waals surface area (Å²) in [5.74, 6) is 1.90. The Morgan fingerprint density at radius 1 is 0.933 bits per heavy atom. The van der Waals surface area contributed by atoms with Crippen molar-refractivity contribution in [2.45, 2.75) is 70.4 Å². The Hall–Kier alpha value is -1.70.